The van der Waals surface area contributed by atoms with Crippen molar-refractivity contribution < 1.29 is 18.0 Å². The number of rotatable bonds is 9. The molecule has 0 atom stereocenters. The van der Waals surface area contributed by atoms with E-state index in [-0.39, 0.29) is 16.7 Å². The molecule has 0 radical (unpaired) electrons. The number of carbonyl (C=O) groups is 2. The normalized spacial score (nSPS) is 15.2. The number of aliphatic imine (C=N–C) groups is 1. The summed E-state index contributed by atoms with van der Waals surface area (Å²) in [5.41, 5.74) is 2.02. The van der Waals surface area contributed by atoms with Crippen LogP contribution in [0.4, 0.5) is 0 Å². The second-order valence-corrected chi connectivity index (χ2v) is 8.85. The van der Waals surface area contributed by atoms with Crippen molar-refractivity contribution in [1.82, 2.24) is 15.4 Å². The smallest absolute Gasteiger partial charge is 0.263 e. The highest BCUT2D eigenvalue weighted by Gasteiger charge is 2.29. The maximum absolute atomic E-state index is 12.0. The minimum atomic E-state index is -3.51. The van der Waals surface area contributed by atoms with Gasteiger partial charge in [0.05, 0.1) is 4.90 Å². The molecule has 31 heavy (non-hydrogen) atoms. The van der Waals surface area contributed by atoms with E-state index in [1.54, 1.807) is 49.5 Å². The van der Waals surface area contributed by atoms with Gasteiger partial charge < -0.3 is 10.6 Å². The summed E-state index contributed by atoms with van der Waals surface area (Å²) in [6.45, 7) is 0.858. The van der Waals surface area contributed by atoms with Gasteiger partial charge in [0.15, 0.2) is 0 Å². The number of nitrogens with one attached hydrogen (secondary N) is 3. The molecule has 2 aromatic rings. The Kier molecular flexibility index (Phi) is 7.41. The van der Waals surface area contributed by atoms with Gasteiger partial charge in [-0.15, -0.1) is 0 Å². The van der Waals surface area contributed by atoms with Gasteiger partial charge in [0.2, 0.25) is 5.91 Å². The first-order valence-electron chi connectivity index (χ1n) is 10.1. The van der Waals surface area contributed by atoms with E-state index in [2.05, 4.69) is 20.3 Å². The zero-order chi connectivity index (χ0) is 22.3. The number of amidine groups is 1. The van der Waals surface area contributed by atoms with Crippen LogP contribution in [-0.4, -0.2) is 39.7 Å². The predicted octanol–water partition coefficient (Wildman–Crippen LogP) is 1.96. The molecular formula is C22H26N4O4S. The van der Waals surface area contributed by atoms with Crippen LogP contribution < -0.4 is 15.4 Å². The van der Waals surface area contributed by atoms with E-state index in [1.165, 1.54) is 0 Å². The number of amides is 2. The summed E-state index contributed by atoms with van der Waals surface area (Å²) in [6, 6.07) is 13.9. The molecule has 0 saturated carbocycles. The third-order valence-electron chi connectivity index (χ3n) is 4.90. The summed E-state index contributed by atoms with van der Waals surface area (Å²) in [7, 11) is -1.93. The zero-order valence-electron chi connectivity index (χ0n) is 17.3. The molecule has 0 aliphatic carbocycles. The van der Waals surface area contributed by atoms with E-state index in [9.17, 15) is 18.0 Å². The summed E-state index contributed by atoms with van der Waals surface area (Å²) in [4.78, 5) is 28.3. The number of hydrogen-bond donors (Lipinski definition) is 3. The first kappa shape index (κ1) is 22.5. The molecule has 164 valence electrons. The standard InChI is InChI=1S/C22H26N4O4S/c1-23-22(28)17-9-7-8-16(14-17)15-25-20(27)12-3-2-6-13-24-21-18-10-4-5-11-19(18)31(29,30)26-21/h4-5,7-11,14H,2-3,6,12-13,15H2,1H3,(H,23,28)(H,24,26)(H,25,27). The summed E-state index contributed by atoms with van der Waals surface area (Å²) in [5.74, 6) is 0.173. The van der Waals surface area contributed by atoms with E-state index in [4.69, 9.17) is 0 Å². The maximum Gasteiger partial charge on any atom is 0.263 e. The second-order valence-electron chi connectivity index (χ2n) is 7.20. The molecule has 0 fully saturated rings. The van der Waals surface area contributed by atoms with Crippen molar-refractivity contribution in [2.75, 3.05) is 13.6 Å². The Morgan fingerprint density at radius 1 is 1.03 bits per heavy atom. The van der Waals surface area contributed by atoms with Crippen LogP contribution in [0.3, 0.4) is 0 Å². The SMILES string of the molecule is CNC(=O)c1cccc(CNC(=O)CCCCCN=C2NS(=O)(=O)c3ccccc32)c1. The Bertz CT molecular complexity index is 1100. The van der Waals surface area contributed by atoms with Crippen LogP contribution in [0.5, 0.6) is 0 Å². The fourth-order valence-corrected chi connectivity index (χ4v) is 4.52. The molecule has 0 aromatic heterocycles. The largest absolute Gasteiger partial charge is 0.355 e. The molecular weight excluding hydrogens is 416 g/mol. The highest BCUT2D eigenvalue weighted by Crippen LogP contribution is 2.22. The molecule has 9 heteroatoms. The average Bonchev–Trinajstić information content (AvgIpc) is 3.04. The maximum atomic E-state index is 12.0. The van der Waals surface area contributed by atoms with Gasteiger partial charge in [-0.2, -0.15) is 0 Å². The lowest BCUT2D eigenvalue weighted by molar-refractivity contribution is -0.121. The third-order valence-corrected chi connectivity index (χ3v) is 6.30. The Hall–Kier alpha value is -3.20. The summed E-state index contributed by atoms with van der Waals surface area (Å²) >= 11 is 0. The Labute approximate surface area is 182 Å². The summed E-state index contributed by atoms with van der Waals surface area (Å²) in [5, 5.41) is 5.44. The van der Waals surface area contributed by atoms with Crippen LogP contribution in [-0.2, 0) is 21.4 Å². The fraction of sp³-hybridized carbons (Fsp3) is 0.318. The first-order chi connectivity index (χ1) is 14.9. The van der Waals surface area contributed by atoms with Crippen LogP contribution in [0.15, 0.2) is 58.4 Å². The molecule has 3 N–H and O–H groups in total. The van der Waals surface area contributed by atoms with Crippen LogP contribution in [0, 0.1) is 0 Å². The van der Waals surface area contributed by atoms with Crippen molar-refractivity contribution in [3.05, 3.63) is 65.2 Å². The van der Waals surface area contributed by atoms with E-state index < -0.39 is 10.0 Å². The van der Waals surface area contributed by atoms with Crippen molar-refractivity contribution in [2.45, 2.75) is 37.1 Å². The highest BCUT2D eigenvalue weighted by molar-refractivity contribution is 7.90. The molecule has 2 aromatic carbocycles. The molecule has 8 nitrogen and oxygen atoms in total. The number of benzene rings is 2. The van der Waals surface area contributed by atoms with Gasteiger partial charge in [0.1, 0.15) is 5.84 Å². The van der Waals surface area contributed by atoms with E-state index in [0.29, 0.717) is 36.5 Å². The second kappa shape index (κ2) is 10.2. The van der Waals surface area contributed by atoms with E-state index in [1.807, 2.05) is 6.07 Å². The molecule has 0 bridgehead atoms. The van der Waals surface area contributed by atoms with Gasteiger partial charge in [-0.3, -0.25) is 19.3 Å². The van der Waals surface area contributed by atoms with Gasteiger partial charge >= 0.3 is 0 Å². The molecule has 1 heterocycles. The Morgan fingerprint density at radius 2 is 1.84 bits per heavy atom. The van der Waals surface area contributed by atoms with Gasteiger partial charge in [0.25, 0.3) is 15.9 Å². The van der Waals surface area contributed by atoms with Gasteiger partial charge in [-0.1, -0.05) is 30.7 Å². The van der Waals surface area contributed by atoms with Gasteiger partial charge in [-0.25, -0.2) is 8.42 Å². The van der Waals surface area contributed by atoms with Crippen LogP contribution in [0.2, 0.25) is 0 Å². The van der Waals surface area contributed by atoms with Crippen molar-refractivity contribution in [3.8, 4) is 0 Å². The van der Waals surface area contributed by atoms with Crippen LogP contribution >= 0.6 is 0 Å². The molecule has 2 amide bonds. The minimum absolute atomic E-state index is 0.0471. The minimum Gasteiger partial charge on any atom is -0.355 e. The van der Waals surface area contributed by atoms with Crippen LogP contribution in [0.1, 0.15) is 47.2 Å². The molecule has 0 saturated heterocycles. The van der Waals surface area contributed by atoms with Crippen molar-refractivity contribution in [1.29, 1.82) is 0 Å². The number of fused-ring (bicyclic) bond motifs is 1. The van der Waals surface area contributed by atoms with Crippen molar-refractivity contribution in [2.24, 2.45) is 4.99 Å². The lowest BCUT2D eigenvalue weighted by Crippen LogP contribution is -2.23. The predicted molar refractivity (Wildman–Crippen MR) is 118 cm³/mol. The first-order valence-corrected chi connectivity index (χ1v) is 11.6. The highest BCUT2D eigenvalue weighted by atomic mass is 32.2. The monoisotopic (exact) mass is 442 g/mol. The summed E-state index contributed by atoms with van der Waals surface area (Å²) in [6.07, 6.45) is 2.69. The topological polar surface area (TPSA) is 117 Å². The summed E-state index contributed by atoms with van der Waals surface area (Å²) < 4.78 is 26.6. The number of unbranched alkanes of at least 4 members (excludes halogenated alkanes) is 2. The zero-order valence-corrected chi connectivity index (χ0v) is 18.2. The Balaban J connectivity index is 1.37. The molecule has 1 aliphatic heterocycles. The fourth-order valence-electron chi connectivity index (χ4n) is 3.27. The molecule has 3 rings (SSSR count). The number of sulfonamides is 1. The van der Waals surface area contributed by atoms with Crippen LogP contribution in [0.25, 0.3) is 0 Å². The lowest BCUT2D eigenvalue weighted by atomic mass is 10.1. The van der Waals surface area contributed by atoms with Crippen molar-refractivity contribution in [3.63, 3.8) is 0 Å². The quantitative estimate of drug-likeness (QED) is 0.515. The van der Waals surface area contributed by atoms with E-state index >= 15 is 0 Å². The third kappa shape index (κ3) is 5.91. The van der Waals surface area contributed by atoms with Gasteiger partial charge in [-0.05, 0) is 42.7 Å². The number of hydrogen-bond acceptors (Lipinski definition) is 5. The molecule has 0 unspecified atom stereocenters. The van der Waals surface area contributed by atoms with Crippen molar-refractivity contribution >= 4 is 27.7 Å². The van der Waals surface area contributed by atoms with Gasteiger partial charge in [0, 0.05) is 37.7 Å². The van der Waals surface area contributed by atoms with E-state index in [0.717, 1.165) is 24.8 Å². The average molecular weight is 443 g/mol. The molecule has 1 aliphatic rings. The lowest BCUT2D eigenvalue weighted by Gasteiger charge is -2.07. The number of carbonyl (C=O) groups excluding carboxylic acids is 2. The molecule has 0 spiro atoms. The Morgan fingerprint density at radius 3 is 2.65 bits per heavy atom. The number of nitrogens with zero attached hydrogens (tertiary/aromatic N) is 1.